The van der Waals surface area contributed by atoms with Gasteiger partial charge in [-0.25, -0.2) is 0 Å². The predicted octanol–water partition coefficient (Wildman–Crippen LogP) is 2.49. The molecule has 1 atom stereocenters. The maximum absolute atomic E-state index is 13.0. The van der Waals surface area contributed by atoms with Crippen LogP contribution in [0.15, 0.2) is 18.2 Å². The Hall–Kier alpha value is -3.75. The molecule has 9 heteroatoms. The lowest BCUT2D eigenvalue weighted by Gasteiger charge is -2.29. The van der Waals surface area contributed by atoms with E-state index in [1.54, 1.807) is 25.1 Å². The van der Waals surface area contributed by atoms with E-state index in [0.29, 0.717) is 52.2 Å². The Labute approximate surface area is 190 Å². The van der Waals surface area contributed by atoms with Crippen molar-refractivity contribution < 1.29 is 24.0 Å². The van der Waals surface area contributed by atoms with E-state index >= 15 is 0 Å². The van der Waals surface area contributed by atoms with Gasteiger partial charge in [-0.05, 0) is 56.0 Å². The van der Waals surface area contributed by atoms with Crippen LogP contribution in [0.3, 0.4) is 0 Å². The zero-order chi connectivity index (χ0) is 23.9. The highest BCUT2D eigenvalue weighted by molar-refractivity contribution is 6.09. The summed E-state index contributed by atoms with van der Waals surface area (Å²) >= 11 is 0. The Morgan fingerprint density at radius 3 is 2.64 bits per heavy atom. The Bertz CT molecular complexity index is 1200. The van der Waals surface area contributed by atoms with Crippen LogP contribution in [0.5, 0.6) is 0 Å². The van der Waals surface area contributed by atoms with Crippen molar-refractivity contribution in [2.75, 3.05) is 5.32 Å². The van der Waals surface area contributed by atoms with Crippen molar-refractivity contribution in [1.29, 1.82) is 0 Å². The Kier molecular flexibility index (Phi) is 5.88. The first-order valence-corrected chi connectivity index (χ1v) is 11.0. The number of nitrogens with one attached hydrogen (secondary N) is 3. The van der Waals surface area contributed by atoms with Gasteiger partial charge in [0.2, 0.25) is 11.8 Å². The number of benzene rings is 1. The van der Waals surface area contributed by atoms with E-state index in [9.17, 15) is 24.0 Å². The lowest BCUT2D eigenvalue weighted by molar-refractivity contribution is -0.136. The third kappa shape index (κ3) is 4.06. The van der Waals surface area contributed by atoms with E-state index in [1.165, 1.54) is 11.8 Å². The molecule has 4 amide bonds. The van der Waals surface area contributed by atoms with Crippen molar-refractivity contribution in [1.82, 2.24) is 15.2 Å². The SMILES string of the molecule is CCCc1c(C(=O)Nc2ccc3c(c2)CN(C2CCC(=O)NC2=O)C3=O)[nH]c(C)c1C(C)=O. The molecule has 1 aromatic heterocycles. The molecule has 0 radical (unpaired) electrons. The summed E-state index contributed by atoms with van der Waals surface area (Å²) in [4.78, 5) is 66.1. The minimum atomic E-state index is -0.691. The molecule has 1 aromatic carbocycles. The second-order valence-corrected chi connectivity index (χ2v) is 8.51. The largest absolute Gasteiger partial charge is 0.354 e. The molecule has 9 nitrogen and oxygen atoms in total. The number of hydrogen-bond acceptors (Lipinski definition) is 5. The summed E-state index contributed by atoms with van der Waals surface area (Å²) in [7, 11) is 0. The maximum Gasteiger partial charge on any atom is 0.272 e. The standard InChI is InChI=1S/C24H26N4O5/c1-4-5-17-20(13(3)29)12(2)25-21(17)23(32)26-15-6-7-16-14(10-15)11-28(24(16)33)18-8-9-19(30)27-22(18)31/h6-7,10,18,25H,4-5,8-9,11H2,1-3H3,(H,26,32)(H,27,30,31). The zero-order valence-corrected chi connectivity index (χ0v) is 18.8. The molecule has 4 rings (SSSR count). The van der Waals surface area contributed by atoms with E-state index in [-0.39, 0.29) is 36.5 Å². The quantitative estimate of drug-likeness (QED) is 0.460. The summed E-state index contributed by atoms with van der Waals surface area (Å²) < 4.78 is 0. The Balaban J connectivity index is 1.55. The van der Waals surface area contributed by atoms with Crippen molar-refractivity contribution in [3.63, 3.8) is 0 Å². The highest BCUT2D eigenvalue weighted by Gasteiger charge is 2.39. The van der Waals surface area contributed by atoms with Crippen LogP contribution in [0.2, 0.25) is 0 Å². The number of carbonyl (C=O) groups is 5. The summed E-state index contributed by atoms with van der Waals surface area (Å²) in [5.74, 6) is -1.52. The van der Waals surface area contributed by atoms with Gasteiger partial charge in [0.25, 0.3) is 11.8 Å². The summed E-state index contributed by atoms with van der Waals surface area (Å²) in [6, 6.07) is 4.30. The van der Waals surface area contributed by atoms with Crippen molar-refractivity contribution in [3.8, 4) is 0 Å². The van der Waals surface area contributed by atoms with Gasteiger partial charge < -0.3 is 15.2 Å². The summed E-state index contributed by atoms with van der Waals surface area (Å²) in [6.45, 7) is 5.47. The van der Waals surface area contributed by atoms with Gasteiger partial charge in [0, 0.05) is 35.5 Å². The highest BCUT2D eigenvalue weighted by Crippen LogP contribution is 2.30. The van der Waals surface area contributed by atoms with E-state index in [2.05, 4.69) is 15.6 Å². The molecule has 33 heavy (non-hydrogen) atoms. The second kappa shape index (κ2) is 8.65. The molecule has 1 saturated heterocycles. The third-order valence-electron chi connectivity index (χ3n) is 6.15. The van der Waals surface area contributed by atoms with Crippen LogP contribution in [0.4, 0.5) is 5.69 Å². The number of fused-ring (bicyclic) bond motifs is 1. The fourth-order valence-corrected chi connectivity index (χ4v) is 4.69. The van der Waals surface area contributed by atoms with E-state index in [1.807, 2.05) is 6.92 Å². The van der Waals surface area contributed by atoms with Crippen molar-refractivity contribution >= 4 is 35.1 Å². The van der Waals surface area contributed by atoms with Crippen LogP contribution in [0.1, 0.15) is 81.1 Å². The van der Waals surface area contributed by atoms with E-state index in [4.69, 9.17) is 0 Å². The number of anilines is 1. The van der Waals surface area contributed by atoms with Gasteiger partial charge in [-0.2, -0.15) is 0 Å². The Morgan fingerprint density at radius 1 is 1.21 bits per heavy atom. The van der Waals surface area contributed by atoms with Crippen LogP contribution in [0, 0.1) is 6.92 Å². The summed E-state index contributed by atoms with van der Waals surface area (Å²) in [5.41, 5.74) is 3.97. The first-order valence-electron chi connectivity index (χ1n) is 11.0. The lowest BCUT2D eigenvalue weighted by atomic mass is 10.0. The maximum atomic E-state index is 13.0. The molecule has 2 aromatic rings. The van der Waals surface area contributed by atoms with E-state index < -0.39 is 11.9 Å². The number of Topliss-reactive ketones (excluding diaryl/α,β-unsaturated/α-hetero) is 1. The van der Waals surface area contributed by atoms with Crippen molar-refractivity contribution in [2.45, 2.75) is 59.0 Å². The normalized spacial score (nSPS) is 17.7. The third-order valence-corrected chi connectivity index (χ3v) is 6.15. The van der Waals surface area contributed by atoms with Gasteiger partial charge in [-0.1, -0.05) is 13.3 Å². The predicted molar refractivity (Wildman–Crippen MR) is 120 cm³/mol. The number of piperidine rings is 1. The molecule has 1 unspecified atom stereocenters. The lowest BCUT2D eigenvalue weighted by Crippen LogP contribution is -2.52. The molecule has 3 N–H and O–H groups in total. The first kappa shape index (κ1) is 22.4. The summed E-state index contributed by atoms with van der Waals surface area (Å²) in [5, 5.41) is 5.14. The topological polar surface area (TPSA) is 128 Å². The minimum Gasteiger partial charge on any atom is -0.354 e. The first-order chi connectivity index (χ1) is 15.7. The molecule has 3 heterocycles. The van der Waals surface area contributed by atoms with Crippen LogP contribution in [0.25, 0.3) is 0 Å². The zero-order valence-electron chi connectivity index (χ0n) is 18.8. The number of carbonyl (C=O) groups excluding carboxylic acids is 5. The number of aromatic amines is 1. The molecule has 2 aliphatic rings. The molecular formula is C24H26N4O5. The average molecular weight is 450 g/mol. The Morgan fingerprint density at radius 2 is 1.97 bits per heavy atom. The van der Waals surface area contributed by atoms with Crippen LogP contribution < -0.4 is 10.6 Å². The van der Waals surface area contributed by atoms with Gasteiger partial charge in [-0.3, -0.25) is 29.3 Å². The number of imide groups is 1. The van der Waals surface area contributed by atoms with Crippen LogP contribution in [-0.4, -0.2) is 45.3 Å². The molecule has 0 spiro atoms. The van der Waals surface area contributed by atoms with Crippen LogP contribution >= 0.6 is 0 Å². The number of H-pyrrole nitrogens is 1. The van der Waals surface area contributed by atoms with Gasteiger partial charge >= 0.3 is 0 Å². The minimum absolute atomic E-state index is 0.0872. The second-order valence-electron chi connectivity index (χ2n) is 8.51. The van der Waals surface area contributed by atoms with Crippen molar-refractivity contribution in [3.05, 3.63) is 51.8 Å². The molecule has 0 saturated carbocycles. The van der Waals surface area contributed by atoms with Gasteiger partial charge in [-0.15, -0.1) is 0 Å². The van der Waals surface area contributed by atoms with Crippen LogP contribution in [-0.2, 0) is 22.6 Å². The average Bonchev–Trinajstić information content (AvgIpc) is 3.25. The number of hydrogen-bond donors (Lipinski definition) is 3. The number of amides is 4. The molecule has 2 aliphatic heterocycles. The molecule has 0 aliphatic carbocycles. The smallest absolute Gasteiger partial charge is 0.272 e. The fraction of sp³-hybridized carbons (Fsp3) is 0.375. The summed E-state index contributed by atoms with van der Waals surface area (Å²) in [6.07, 6.45) is 1.87. The van der Waals surface area contributed by atoms with Gasteiger partial charge in [0.1, 0.15) is 11.7 Å². The molecule has 0 bridgehead atoms. The number of aromatic nitrogens is 1. The van der Waals surface area contributed by atoms with Gasteiger partial charge in [0.15, 0.2) is 5.78 Å². The molecule has 1 fully saturated rings. The van der Waals surface area contributed by atoms with Crippen molar-refractivity contribution in [2.24, 2.45) is 0 Å². The number of aryl methyl sites for hydroxylation is 1. The fourth-order valence-electron chi connectivity index (χ4n) is 4.69. The highest BCUT2D eigenvalue weighted by atomic mass is 16.2. The molecular weight excluding hydrogens is 424 g/mol. The number of nitrogens with zero attached hydrogens (tertiary/aromatic N) is 1. The monoisotopic (exact) mass is 450 g/mol. The number of rotatable bonds is 6. The molecule has 172 valence electrons. The van der Waals surface area contributed by atoms with E-state index in [0.717, 1.165) is 6.42 Å². The van der Waals surface area contributed by atoms with Gasteiger partial charge in [0.05, 0.1) is 0 Å². The number of ketones is 1.